The van der Waals surface area contributed by atoms with Crippen molar-refractivity contribution in [3.05, 3.63) is 86.6 Å². The monoisotopic (exact) mass is 433 g/mol. The topological polar surface area (TPSA) is 50.4 Å². The summed E-state index contributed by atoms with van der Waals surface area (Å²) in [5.74, 6) is -0.0527. The van der Waals surface area contributed by atoms with Gasteiger partial charge in [-0.15, -0.1) is 0 Å². The van der Waals surface area contributed by atoms with Gasteiger partial charge in [-0.05, 0) is 67.8 Å². The van der Waals surface area contributed by atoms with E-state index in [0.29, 0.717) is 23.4 Å². The van der Waals surface area contributed by atoms with Gasteiger partial charge in [-0.2, -0.15) is 0 Å². The van der Waals surface area contributed by atoms with Crippen LogP contribution in [-0.2, 0) is 13.1 Å². The van der Waals surface area contributed by atoms with Gasteiger partial charge in [0, 0.05) is 37.6 Å². The molecule has 0 saturated heterocycles. The van der Waals surface area contributed by atoms with Crippen LogP contribution in [0.15, 0.2) is 65.1 Å². The van der Waals surface area contributed by atoms with Crippen LogP contribution in [-0.4, -0.2) is 21.3 Å². The fraction of sp³-hybridized carbons (Fsp3) is 0.280. The zero-order valence-corrected chi connectivity index (χ0v) is 18.9. The number of allylic oxidation sites excluding steroid dienone is 7. The van der Waals surface area contributed by atoms with Crippen molar-refractivity contribution >= 4 is 29.1 Å². The molecule has 0 amide bonds. The molecule has 1 aliphatic heterocycles. The average molecular weight is 434 g/mol. The number of benzene rings is 1. The lowest BCUT2D eigenvalue weighted by Crippen LogP contribution is -2.27. The summed E-state index contributed by atoms with van der Waals surface area (Å²) in [4.78, 5) is 15.2. The summed E-state index contributed by atoms with van der Waals surface area (Å²) in [6.07, 6.45) is 12.1. The Labute approximate surface area is 187 Å². The highest BCUT2D eigenvalue weighted by molar-refractivity contribution is 7.71. The first-order valence-corrected chi connectivity index (χ1v) is 11.1. The molecule has 1 aliphatic carbocycles. The highest BCUT2D eigenvalue weighted by Gasteiger charge is 2.20. The molecule has 0 bridgehead atoms. The molecule has 1 N–H and O–H groups in total. The molecule has 0 atom stereocenters. The van der Waals surface area contributed by atoms with Crippen LogP contribution in [0.4, 0.5) is 5.69 Å². The number of aromatic hydroxyl groups is 1. The van der Waals surface area contributed by atoms with Crippen LogP contribution in [0.3, 0.4) is 0 Å². The van der Waals surface area contributed by atoms with E-state index in [1.54, 1.807) is 9.13 Å². The molecular weight excluding hydrogens is 406 g/mol. The lowest BCUT2D eigenvalue weighted by molar-refractivity contribution is 0.398. The van der Waals surface area contributed by atoms with E-state index in [2.05, 4.69) is 35.4 Å². The van der Waals surface area contributed by atoms with E-state index >= 15 is 0 Å². The fourth-order valence-corrected chi connectivity index (χ4v) is 4.66. The van der Waals surface area contributed by atoms with Gasteiger partial charge in [0.15, 0.2) is 4.77 Å². The van der Waals surface area contributed by atoms with E-state index in [0.717, 1.165) is 35.2 Å². The van der Waals surface area contributed by atoms with Gasteiger partial charge in [-0.1, -0.05) is 36.4 Å². The van der Waals surface area contributed by atoms with Crippen LogP contribution < -0.4 is 10.5 Å². The predicted molar refractivity (Wildman–Crippen MR) is 130 cm³/mol. The Morgan fingerprint density at radius 2 is 1.90 bits per heavy atom. The summed E-state index contributed by atoms with van der Waals surface area (Å²) < 4.78 is 3.52. The van der Waals surface area contributed by atoms with Gasteiger partial charge < -0.3 is 10.0 Å². The maximum atomic E-state index is 13.1. The highest BCUT2D eigenvalue weighted by atomic mass is 32.1. The third kappa shape index (κ3) is 3.72. The molecule has 0 unspecified atom stereocenters. The van der Waals surface area contributed by atoms with E-state index in [4.69, 9.17) is 12.2 Å². The molecule has 0 radical (unpaired) electrons. The number of para-hydroxylation sites is 1. The Balaban J connectivity index is 1.81. The molecular formula is C25H27N3O2S. The predicted octanol–water partition coefficient (Wildman–Crippen LogP) is 5.28. The standard InChI is InChI=1S/C25H27N3O2S/c1-4-27-23(29)22(24(30)28(5-2)25(27)31)19-10-8-9-17(16-19)15-18-13-14-26(3)21-12-7-6-11-20(18)21/h6-7,10-16,29H,4-5,8-9H2,1-3H3. The van der Waals surface area contributed by atoms with E-state index in [-0.39, 0.29) is 11.4 Å². The number of nitrogens with zero attached hydrogens (tertiary/aromatic N) is 3. The molecule has 6 heteroatoms. The molecule has 0 spiro atoms. The number of hydrogen-bond donors (Lipinski definition) is 1. The Morgan fingerprint density at radius 3 is 2.65 bits per heavy atom. The number of aromatic nitrogens is 2. The van der Waals surface area contributed by atoms with Crippen molar-refractivity contribution in [3.8, 4) is 5.88 Å². The van der Waals surface area contributed by atoms with Gasteiger partial charge in [0.1, 0.15) is 5.56 Å². The second-order valence-electron chi connectivity index (χ2n) is 7.74. The van der Waals surface area contributed by atoms with Gasteiger partial charge >= 0.3 is 0 Å². The lowest BCUT2D eigenvalue weighted by Gasteiger charge is -2.24. The third-order valence-corrected chi connectivity index (χ3v) is 6.31. The quantitative estimate of drug-likeness (QED) is 0.667. The van der Waals surface area contributed by atoms with Crippen molar-refractivity contribution in [3.63, 3.8) is 0 Å². The molecule has 160 valence electrons. The molecule has 2 heterocycles. The number of rotatable bonds is 4. The van der Waals surface area contributed by atoms with Crippen LogP contribution in [0.25, 0.3) is 11.1 Å². The van der Waals surface area contributed by atoms with Crippen molar-refractivity contribution in [1.29, 1.82) is 0 Å². The first-order chi connectivity index (χ1) is 15.0. The van der Waals surface area contributed by atoms with Crippen LogP contribution in [0.2, 0.25) is 0 Å². The molecule has 1 aromatic carbocycles. The van der Waals surface area contributed by atoms with Crippen LogP contribution in [0.5, 0.6) is 5.88 Å². The zero-order chi connectivity index (χ0) is 22.1. The van der Waals surface area contributed by atoms with Crippen molar-refractivity contribution in [1.82, 2.24) is 9.13 Å². The Hall–Kier alpha value is -3.12. The molecule has 0 fully saturated rings. The van der Waals surface area contributed by atoms with E-state index in [9.17, 15) is 9.90 Å². The Kier molecular flexibility index (Phi) is 5.83. The minimum Gasteiger partial charge on any atom is -0.494 e. The van der Waals surface area contributed by atoms with E-state index in [1.807, 2.05) is 45.2 Å². The average Bonchev–Trinajstić information content (AvgIpc) is 2.77. The molecule has 4 rings (SSSR count). The number of anilines is 1. The third-order valence-electron chi connectivity index (χ3n) is 5.87. The van der Waals surface area contributed by atoms with Gasteiger partial charge in [0.25, 0.3) is 5.56 Å². The van der Waals surface area contributed by atoms with Gasteiger partial charge in [0.2, 0.25) is 5.88 Å². The summed E-state index contributed by atoms with van der Waals surface area (Å²) in [5, 5.41) is 10.9. The second kappa shape index (κ2) is 8.55. The van der Waals surface area contributed by atoms with Crippen LogP contribution >= 0.6 is 12.2 Å². The Morgan fingerprint density at radius 1 is 1.16 bits per heavy atom. The molecule has 2 aromatic rings. The molecule has 5 nitrogen and oxygen atoms in total. The highest BCUT2D eigenvalue weighted by Crippen LogP contribution is 2.35. The first-order valence-electron chi connectivity index (χ1n) is 10.7. The van der Waals surface area contributed by atoms with Crippen molar-refractivity contribution < 1.29 is 5.11 Å². The minimum atomic E-state index is -0.240. The van der Waals surface area contributed by atoms with Crippen LogP contribution in [0.1, 0.15) is 37.8 Å². The maximum Gasteiger partial charge on any atom is 0.266 e. The van der Waals surface area contributed by atoms with Gasteiger partial charge in [0.05, 0.1) is 0 Å². The van der Waals surface area contributed by atoms with Crippen LogP contribution in [0, 0.1) is 4.77 Å². The van der Waals surface area contributed by atoms with E-state index < -0.39 is 0 Å². The summed E-state index contributed by atoms with van der Waals surface area (Å²) >= 11 is 5.41. The summed E-state index contributed by atoms with van der Waals surface area (Å²) in [7, 11) is 2.04. The molecule has 2 aliphatic rings. The van der Waals surface area contributed by atoms with Gasteiger partial charge in [-0.25, -0.2) is 0 Å². The number of fused-ring (bicyclic) bond motifs is 1. The normalized spacial score (nSPS) is 16.9. The van der Waals surface area contributed by atoms with Crippen molar-refractivity contribution in [2.45, 2.75) is 39.8 Å². The zero-order valence-electron chi connectivity index (χ0n) is 18.1. The largest absolute Gasteiger partial charge is 0.494 e. The fourth-order valence-electron chi connectivity index (χ4n) is 4.23. The maximum absolute atomic E-state index is 13.1. The smallest absolute Gasteiger partial charge is 0.266 e. The lowest BCUT2D eigenvalue weighted by atomic mass is 9.91. The van der Waals surface area contributed by atoms with Crippen molar-refractivity contribution in [2.75, 3.05) is 11.9 Å². The summed E-state index contributed by atoms with van der Waals surface area (Å²) in [6, 6.07) is 8.32. The summed E-state index contributed by atoms with van der Waals surface area (Å²) in [6.45, 7) is 4.77. The molecule has 1 aromatic heterocycles. The van der Waals surface area contributed by atoms with E-state index in [1.165, 1.54) is 5.56 Å². The second-order valence-corrected chi connectivity index (χ2v) is 8.10. The Bertz CT molecular complexity index is 1270. The number of hydrogen-bond acceptors (Lipinski definition) is 4. The van der Waals surface area contributed by atoms with Gasteiger partial charge in [-0.3, -0.25) is 13.9 Å². The van der Waals surface area contributed by atoms with Crippen molar-refractivity contribution in [2.24, 2.45) is 0 Å². The molecule has 31 heavy (non-hydrogen) atoms. The molecule has 0 saturated carbocycles. The summed E-state index contributed by atoms with van der Waals surface area (Å²) in [5.41, 5.74) is 5.45. The minimum absolute atomic E-state index is 0.0527. The SMILES string of the molecule is CCn1c(O)c(C2=CCCC(C=C3C=CN(C)c4ccccc43)=C2)c(=O)n(CC)c1=S. The first kappa shape index (κ1) is 21.1.